The zero-order valence-corrected chi connectivity index (χ0v) is 12.9. The lowest BCUT2D eigenvalue weighted by Gasteiger charge is -1.99. The van der Waals surface area contributed by atoms with Crippen LogP contribution in [0.2, 0.25) is 0 Å². The molecule has 2 aromatic rings. The molecule has 0 atom stereocenters. The summed E-state index contributed by atoms with van der Waals surface area (Å²) in [6.07, 6.45) is 1.24. The van der Waals surface area contributed by atoms with Crippen molar-refractivity contribution in [2.45, 2.75) is 18.1 Å². The molecule has 8 nitrogen and oxygen atoms in total. The van der Waals surface area contributed by atoms with E-state index in [-0.39, 0.29) is 18.7 Å². The van der Waals surface area contributed by atoms with Crippen molar-refractivity contribution >= 4 is 21.5 Å². The summed E-state index contributed by atoms with van der Waals surface area (Å²) in [5.74, 6) is 1.89. The average Bonchev–Trinajstić information content (AvgIpc) is 2.97. The SMILES string of the molecule is CS(=O)(=O)c1nnc(-c2ccc(NC#CCCC(=O)O)cc2)o1. The first-order valence-corrected chi connectivity index (χ1v) is 8.35. The quantitative estimate of drug-likeness (QED) is 0.620. The number of aliphatic carboxylic acids is 1. The van der Waals surface area contributed by atoms with Gasteiger partial charge in [0.2, 0.25) is 15.7 Å². The Hall–Kier alpha value is -2.86. The van der Waals surface area contributed by atoms with Crippen molar-refractivity contribution in [2.24, 2.45) is 0 Å². The predicted molar refractivity (Wildman–Crippen MR) is 81.1 cm³/mol. The van der Waals surface area contributed by atoms with Crippen LogP contribution >= 0.6 is 0 Å². The molecule has 0 bridgehead atoms. The fourth-order valence-electron chi connectivity index (χ4n) is 1.52. The third-order valence-electron chi connectivity index (χ3n) is 2.61. The number of aromatic nitrogens is 2. The summed E-state index contributed by atoms with van der Waals surface area (Å²) >= 11 is 0. The number of nitrogens with one attached hydrogen (secondary N) is 1. The van der Waals surface area contributed by atoms with E-state index in [9.17, 15) is 13.2 Å². The third-order valence-corrected chi connectivity index (χ3v) is 3.41. The standard InChI is InChI=1S/C14H13N3O5S/c1-23(20,21)14-17-16-13(22-14)10-5-7-11(8-6-10)15-9-3-2-4-12(18)19/h5-8,15H,2,4H2,1H3,(H,18,19). The van der Waals surface area contributed by atoms with Gasteiger partial charge >= 0.3 is 11.2 Å². The molecule has 2 rings (SSSR count). The van der Waals surface area contributed by atoms with Gasteiger partial charge in [-0.3, -0.25) is 4.79 Å². The second-order valence-electron chi connectivity index (χ2n) is 4.54. The summed E-state index contributed by atoms with van der Waals surface area (Å²) < 4.78 is 27.7. The van der Waals surface area contributed by atoms with E-state index in [1.54, 1.807) is 24.3 Å². The van der Waals surface area contributed by atoms with Crippen LogP contribution in [0.1, 0.15) is 12.8 Å². The van der Waals surface area contributed by atoms with E-state index in [2.05, 4.69) is 27.5 Å². The van der Waals surface area contributed by atoms with Crippen LogP contribution in [0.25, 0.3) is 11.5 Å². The van der Waals surface area contributed by atoms with Gasteiger partial charge in [0.25, 0.3) is 0 Å². The Bertz CT molecular complexity index is 860. The fourth-order valence-corrected chi connectivity index (χ4v) is 1.94. The van der Waals surface area contributed by atoms with Gasteiger partial charge in [0, 0.05) is 30.0 Å². The highest BCUT2D eigenvalue weighted by molar-refractivity contribution is 7.90. The van der Waals surface area contributed by atoms with Gasteiger partial charge in [-0.2, -0.15) is 0 Å². The summed E-state index contributed by atoms with van der Waals surface area (Å²) in [5, 5.41) is 18.0. The Kier molecular flexibility index (Phi) is 4.98. The molecule has 0 spiro atoms. The smallest absolute Gasteiger partial charge is 0.335 e. The number of nitrogens with zero attached hydrogens (tertiary/aromatic N) is 2. The first kappa shape index (κ1) is 16.5. The van der Waals surface area contributed by atoms with Gasteiger partial charge in [-0.15, -0.1) is 5.10 Å². The minimum Gasteiger partial charge on any atom is -0.481 e. The van der Waals surface area contributed by atoms with Crippen molar-refractivity contribution in [3.63, 3.8) is 0 Å². The van der Waals surface area contributed by atoms with Gasteiger partial charge < -0.3 is 14.8 Å². The molecule has 0 aliphatic heterocycles. The number of carboxylic acids is 1. The van der Waals surface area contributed by atoms with Crippen LogP contribution < -0.4 is 5.32 Å². The number of sulfone groups is 1. The highest BCUT2D eigenvalue weighted by Crippen LogP contribution is 2.21. The molecule has 0 unspecified atom stereocenters. The lowest BCUT2D eigenvalue weighted by atomic mass is 10.2. The first-order chi connectivity index (χ1) is 10.9. The molecule has 0 fully saturated rings. The molecule has 0 saturated heterocycles. The molecule has 0 aliphatic carbocycles. The van der Waals surface area contributed by atoms with Crippen LogP contribution in [0.5, 0.6) is 0 Å². The minimum atomic E-state index is -3.53. The third kappa shape index (κ3) is 4.82. The fraction of sp³-hybridized carbons (Fsp3) is 0.214. The molecule has 1 aromatic heterocycles. The molecule has 1 heterocycles. The Morgan fingerprint density at radius 1 is 1.30 bits per heavy atom. The number of anilines is 1. The molecule has 1 aromatic carbocycles. The molecule has 0 saturated carbocycles. The summed E-state index contributed by atoms with van der Waals surface area (Å²) in [5.41, 5.74) is 1.26. The monoisotopic (exact) mass is 335 g/mol. The number of benzene rings is 1. The maximum Gasteiger partial charge on any atom is 0.335 e. The lowest BCUT2D eigenvalue weighted by molar-refractivity contribution is -0.136. The average molecular weight is 335 g/mol. The molecule has 23 heavy (non-hydrogen) atoms. The van der Waals surface area contributed by atoms with Crippen molar-refractivity contribution in [3.05, 3.63) is 24.3 Å². The van der Waals surface area contributed by atoms with Gasteiger partial charge in [-0.1, -0.05) is 11.0 Å². The zero-order chi connectivity index (χ0) is 16.9. The van der Waals surface area contributed by atoms with Crippen molar-refractivity contribution in [3.8, 4) is 23.4 Å². The molecular formula is C14H13N3O5S. The van der Waals surface area contributed by atoms with Crippen molar-refractivity contribution in [1.29, 1.82) is 0 Å². The van der Waals surface area contributed by atoms with E-state index in [0.717, 1.165) is 6.26 Å². The van der Waals surface area contributed by atoms with Crippen LogP contribution in [0.15, 0.2) is 33.9 Å². The lowest BCUT2D eigenvalue weighted by Crippen LogP contribution is -1.96. The van der Waals surface area contributed by atoms with Gasteiger partial charge in [-0.05, 0) is 24.3 Å². The van der Waals surface area contributed by atoms with Crippen molar-refractivity contribution in [1.82, 2.24) is 10.2 Å². The maximum absolute atomic E-state index is 11.3. The normalized spacial score (nSPS) is 10.7. The number of carbonyl (C=O) groups is 1. The topological polar surface area (TPSA) is 122 Å². The zero-order valence-electron chi connectivity index (χ0n) is 12.1. The highest BCUT2D eigenvalue weighted by atomic mass is 32.2. The maximum atomic E-state index is 11.3. The molecule has 0 radical (unpaired) electrons. The largest absolute Gasteiger partial charge is 0.481 e. The Morgan fingerprint density at radius 2 is 2.00 bits per heavy atom. The molecular weight excluding hydrogens is 322 g/mol. The van der Waals surface area contributed by atoms with E-state index < -0.39 is 21.0 Å². The van der Waals surface area contributed by atoms with E-state index in [1.165, 1.54) is 0 Å². The Morgan fingerprint density at radius 3 is 2.57 bits per heavy atom. The number of carboxylic acid groups (broad SMARTS) is 1. The van der Waals surface area contributed by atoms with Crippen molar-refractivity contribution < 1.29 is 22.7 Å². The molecule has 0 amide bonds. The van der Waals surface area contributed by atoms with E-state index in [0.29, 0.717) is 11.3 Å². The predicted octanol–water partition coefficient (Wildman–Crippen LogP) is 1.38. The van der Waals surface area contributed by atoms with Gasteiger partial charge in [0.15, 0.2) is 0 Å². The second-order valence-corrected chi connectivity index (χ2v) is 6.44. The van der Waals surface area contributed by atoms with Crippen LogP contribution in [0.3, 0.4) is 0 Å². The van der Waals surface area contributed by atoms with Gasteiger partial charge in [-0.25, -0.2) is 8.42 Å². The van der Waals surface area contributed by atoms with E-state index >= 15 is 0 Å². The summed E-state index contributed by atoms with van der Waals surface area (Å²) in [4.78, 5) is 10.3. The van der Waals surface area contributed by atoms with Gasteiger partial charge in [0.05, 0.1) is 6.42 Å². The van der Waals surface area contributed by atoms with Crippen LogP contribution in [-0.4, -0.2) is 35.9 Å². The number of hydrogen-bond donors (Lipinski definition) is 2. The number of hydrogen-bond acceptors (Lipinski definition) is 7. The first-order valence-electron chi connectivity index (χ1n) is 6.46. The van der Waals surface area contributed by atoms with Crippen LogP contribution in [0, 0.1) is 12.0 Å². The molecule has 9 heteroatoms. The minimum absolute atomic E-state index is 0.00650. The summed E-state index contributed by atoms with van der Waals surface area (Å²) in [6.45, 7) is 0. The van der Waals surface area contributed by atoms with Crippen molar-refractivity contribution in [2.75, 3.05) is 11.6 Å². The van der Waals surface area contributed by atoms with E-state index in [1.807, 2.05) is 0 Å². The second kappa shape index (κ2) is 6.93. The van der Waals surface area contributed by atoms with Gasteiger partial charge in [0.1, 0.15) is 0 Å². The molecule has 2 N–H and O–H groups in total. The Labute approximate surface area is 132 Å². The molecule has 120 valence electrons. The number of rotatable bonds is 5. The summed E-state index contributed by atoms with van der Waals surface area (Å²) in [7, 11) is -3.53. The van der Waals surface area contributed by atoms with Crippen LogP contribution in [-0.2, 0) is 14.6 Å². The molecule has 0 aliphatic rings. The summed E-state index contributed by atoms with van der Waals surface area (Å²) in [6, 6.07) is 9.38. The van der Waals surface area contributed by atoms with E-state index in [4.69, 9.17) is 9.52 Å². The highest BCUT2D eigenvalue weighted by Gasteiger charge is 2.17. The Balaban J connectivity index is 2.02. The van der Waals surface area contributed by atoms with Crippen LogP contribution in [0.4, 0.5) is 5.69 Å².